The zero-order valence-corrected chi connectivity index (χ0v) is 19.2. The third kappa shape index (κ3) is 5.96. The molecule has 2 saturated heterocycles. The van der Waals surface area contributed by atoms with Gasteiger partial charge in [-0.1, -0.05) is 34.1 Å². The van der Waals surface area contributed by atoms with Gasteiger partial charge >= 0.3 is 5.97 Å². The number of aliphatic carboxylic acids is 1. The molecule has 5 atom stereocenters. The summed E-state index contributed by atoms with van der Waals surface area (Å²) in [4.78, 5) is 53.7. The van der Waals surface area contributed by atoms with E-state index in [1.165, 1.54) is 4.90 Å². The number of nitrogens with zero attached hydrogens (tertiary/aromatic N) is 2. The van der Waals surface area contributed by atoms with E-state index in [2.05, 4.69) is 5.32 Å². The standard InChI is InChI=1S/C22H38N4O5/c1-5-14(4)18(23)21(29)26-11-7-9-17(26)20(28)25-10-6-8-16(25)19(27)24-15(22(30)31)12-13(2)3/h13-18H,5-12,23H2,1-4H3,(H,24,27)(H,30,31). The average molecular weight is 439 g/mol. The highest BCUT2D eigenvalue weighted by Gasteiger charge is 2.43. The molecule has 0 aromatic rings. The number of nitrogens with two attached hydrogens (primary N) is 1. The fourth-order valence-corrected chi connectivity index (χ4v) is 4.43. The number of nitrogens with one attached hydrogen (secondary N) is 1. The van der Waals surface area contributed by atoms with Crippen molar-refractivity contribution in [2.45, 2.75) is 90.4 Å². The lowest BCUT2D eigenvalue weighted by Crippen LogP contribution is -2.57. The van der Waals surface area contributed by atoms with E-state index in [1.807, 2.05) is 27.7 Å². The molecule has 0 bridgehead atoms. The van der Waals surface area contributed by atoms with E-state index in [0.717, 1.165) is 12.8 Å². The van der Waals surface area contributed by atoms with Crippen LogP contribution in [-0.2, 0) is 19.2 Å². The van der Waals surface area contributed by atoms with Crippen LogP contribution in [0.3, 0.4) is 0 Å². The molecular weight excluding hydrogens is 400 g/mol. The van der Waals surface area contributed by atoms with Gasteiger partial charge in [-0.25, -0.2) is 4.79 Å². The van der Waals surface area contributed by atoms with Gasteiger partial charge in [0.2, 0.25) is 17.7 Å². The highest BCUT2D eigenvalue weighted by atomic mass is 16.4. The second kappa shape index (κ2) is 10.9. The van der Waals surface area contributed by atoms with Crippen LogP contribution < -0.4 is 11.1 Å². The monoisotopic (exact) mass is 438 g/mol. The second-order valence-corrected chi connectivity index (χ2v) is 9.32. The maximum absolute atomic E-state index is 13.3. The molecule has 2 fully saturated rings. The highest BCUT2D eigenvalue weighted by Crippen LogP contribution is 2.26. The first-order chi connectivity index (χ1) is 14.6. The fraction of sp³-hybridized carbons (Fsp3) is 0.818. The van der Waals surface area contributed by atoms with E-state index in [0.29, 0.717) is 38.8 Å². The molecule has 31 heavy (non-hydrogen) atoms. The molecule has 4 N–H and O–H groups in total. The zero-order valence-electron chi connectivity index (χ0n) is 19.2. The van der Waals surface area contributed by atoms with Crippen LogP contribution in [0.25, 0.3) is 0 Å². The van der Waals surface area contributed by atoms with Gasteiger partial charge in [0.15, 0.2) is 0 Å². The predicted molar refractivity (Wildman–Crippen MR) is 116 cm³/mol. The quantitative estimate of drug-likeness (QED) is 0.491. The number of carboxylic acid groups (broad SMARTS) is 1. The van der Waals surface area contributed by atoms with Gasteiger partial charge in [0.05, 0.1) is 6.04 Å². The van der Waals surface area contributed by atoms with Gasteiger partial charge in [-0.2, -0.15) is 0 Å². The molecule has 2 aliphatic rings. The van der Waals surface area contributed by atoms with Crippen molar-refractivity contribution < 1.29 is 24.3 Å². The van der Waals surface area contributed by atoms with Gasteiger partial charge < -0.3 is 26.0 Å². The molecule has 0 aliphatic carbocycles. The van der Waals surface area contributed by atoms with Crippen molar-refractivity contribution in [3.63, 3.8) is 0 Å². The van der Waals surface area contributed by atoms with Crippen LogP contribution in [0.1, 0.15) is 66.2 Å². The van der Waals surface area contributed by atoms with Crippen molar-refractivity contribution in [1.82, 2.24) is 15.1 Å². The summed E-state index contributed by atoms with van der Waals surface area (Å²) in [6, 6.07) is -2.95. The van der Waals surface area contributed by atoms with E-state index in [1.54, 1.807) is 4.90 Å². The first-order valence-electron chi connectivity index (χ1n) is 11.5. The van der Waals surface area contributed by atoms with E-state index < -0.39 is 36.0 Å². The molecule has 2 heterocycles. The minimum absolute atomic E-state index is 0.0167. The van der Waals surface area contributed by atoms with Crippen molar-refractivity contribution in [3.05, 3.63) is 0 Å². The number of amides is 3. The molecular formula is C22H38N4O5. The number of hydrogen-bond donors (Lipinski definition) is 3. The summed E-state index contributed by atoms with van der Waals surface area (Å²) in [6.07, 6.45) is 3.51. The maximum Gasteiger partial charge on any atom is 0.326 e. The van der Waals surface area contributed by atoms with Crippen LogP contribution in [0, 0.1) is 11.8 Å². The third-order valence-electron chi connectivity index (χ3n) is 6.52. The van der Waals surface area contributed by atoms with Gasteiger partial charge in [-0.3, -0.25) is 14.4 Å². The molecule has 0 spiro atoms. The van der Waals surface area contributed by atoms with Gasteiger partial charge in [-0.15, -0.1) is 0 Å². The molecule has 176 valence electrons. The number of likely N-dealkylation sites (tertiary alicyclic amines) is 2. The number of carboxylic acids is 1. The van der Waals surface area contributed by atoms with Crippen molar-refractivity contribution in [2.75, 3.05) is 13.1 Å². The molecule has 9 nitrogen and oxygen atoms in total. The average Bonchev–Trinajstić information content (AvgIpc) is 3.40. The van der Waals surface area contributed by atoms with Crippen molar-refractivity contribution in [3.8, 4) is 0 Å². The summed E-state index contributed by atoms with van der Waals surface area (Å²) in [5.41, 5.74) is 6.13. The lowest BCUT2D eigenvalue weighted by atomic mass is 9.98. The Morgan fingerprint density at radius 1 is 1.03 bits per heavy atom. The smallest absolute Gasteiger partial charge is 0.326 e. The number of carbonyl (C=O) groups is 4. The van der Waals surface area contributed by atoms with Gasteiger partial charge in [-0.05, 0) is 43.9 Å². The normalized spacial score (nSPS) is 24.2. The third-order valence-corrected chi connectivity index (χ3v) is 6.52. The Morgan fingerprint density at radius 3 is 2.16 bits per heavy atom. The Kier molecular flexibility index (Phi) is 8.85. The molecule has 3 amide bonds. The highest BCUT2D eigenvalue weighted by molar-refractivity contribution is 5.94. The van der Waals surface area contributed by atoms with Crippen LogP contribution in [-0.4, -0.2) is 75.9 Å². The van der Waals surface area contributed by atoms with Gasteiger partial charge in [0.1, 0.15) is 18.1 Å². The van der Waals surface area contributed by atoms with Crippen molar-refractivity contribution in [2.24, 2.45) is 17.6 Å². The summed E-state index contributed by atoms with van der Waals surface area (Å²) in [5.74, 6) is -1.85. The van der Waals surface area contributed by atoms with Crippen LogP contribution >= 0.6 is 0 Å². The fourth-order valence-electron chi connectivity index (χ4n) is 4.43. The molecule has 5 unspecified atom stereocenters. The first-order valence-corrected chi connectivity index (χ1v) is 11.5. The topological polar surface area (TPSA) is 133 Å². The summed E-state index contributed by atoms with van der Waals surface area (Å²) in [5, 5.41) is 12.0. The lowest BCUT2D eigenvalue weighted by molar-refractivity contribution is -0.148. The number of hydrogen-bond acceptors (Lipinski definition) is 5. The summed E-state index contributed by atoms with van der Waals surface area (Å²) in [7, 11) is 0. The summed E-state index contributed by atoms with van der Waals surface area (Å²) < 4.78 is 0. The molecule has 0 aromatic heterocycles. The minimum atomic E-state index is -1.08. The van der Waals surface area contributed by atoms with Crippen LogP contribution in [0.5, 0.6) is 0 Å². The van der Waals surface area contributed by atoms with Crippen molar-refractivity contribution >= 4 is 23.7 Å². The summed E-state index contributed by atoms with van der Waals surface area (Å²) >= 11 is 0. The largest absolute Gasteiger partial charge is 0.480 e. The minimum Gasteiger partial charge on any atom is -0.480 e. The Hall–Kier alpha value is -2.16. The maximum atomic E-state index is 13.3. The Bertz CT molecular complexity index is 683. The Labute approximate surface area is 184 Å². The molecule has 0 aromatic carbocycles. The van der Waals surface area contributed by atoms with E-state index >= 15 is 0 Å². The zero-order chi connectivity index (χ0) is 23.3. The van der Waals surface area contributed by atoms with Crippen molar-refractivity contribution in [1.29, 1.82) is 0 Å². The molecule has 2 rings (SSSR count). The van der Waals surface area contributed by atoms with Crippen LogP contribution in [0.15, 0.2) is 0 Å². The number of rotatable bonds is 9. The van der Waals surface area contributed by atoms with E-state index in [9.17, 15) is 24.3 Å². The molecule has 0 radical (unpaired) electrons. The molecule has 9 heteroatoms. The summed E-state index contributed by atoms with van der Waals surface area (Å²) in [6.45, 7) is 8.59. The lowest BCUT2D eigenvalue weighted by Gasteiger charge is -2.33. The molecule has 0 saturated carbocycles. The van der Waals surface area contributed by atoms with E-state index in [4.69, 9.17) is 5.73 Å². The Morgan fingerprint density at radius 2 is 1.61 bits per heavy atom. The van der Waals surface area contributed by atoms with Crippen LogP contribution in [0.4, 0.5) is 0 Å². The SMILES string of the molecule is CCC(C)C(N)C(=O)N1CCCC1C(=O)N1CCCC1C(=O)NC(CC(C)C)C(=O)O. The molecule has 2 aliphatic heterocycles. The Balaban J connectivity index is 2.10. The number of carbonyl (C=O) groups excluding carboxylic acids is 3. The van der Waals surface area contributed by atoms with E-state index in [-0.39, 0.29) is 23.7 Å². The second-order valence-electron chi connectivity index (χ2n) is 9.32. The van der Waals surface area contributed by atoms with Crippen LogP contribution in [0.2, 0.25) is 0 Å². The van der Waals surface area contributed by atoms with Gasteiger partial charge in [0.25, 0.3) is 0 Å². The predicted octanol–water partition coefficient (Wildman–Crippen LogP) is 0.957. The van der Waals surface area contributed by atoms with Gasteiger partial charge in [0, 0.05) is 13.1 Å². The first kappa shape index (κ1) is 25.1.